The van der Waals surface area contributed by atoms with Gasteiger partial charge in [-0.3, -0.25) is 0 Å². The Labute approximate surface area is 74.9 Å². The van der Waals surface area contributed by atoms with Crippen LogP contribution >= 0.6 is 11.8 Å². The monoisotopic (exact) mass is 175 g/mol. The molecular weight excluding hydrogens is 156 g/mol. The summed E-state index contributed by atoms with van der Waals surface area (Å²) in [5.41, 5.74) is 0. The Morgan fingerprint density at radius 1 is 1.36 bits per heavy atom. The highest BCUT2D eigenvalue weighted by Crippen LogP contribution is 2.01. The lowest BCUT2D eigenvalue weighted by atomic mass is 10.3. The van der Waals surface area contributed by atoms with Gasteiger partial charge in [-0.2, -0.15) is 11.8 Å². The summed E-state index contributed by atoms with van der Waals surface area (Å²) in [4.78, 5) is 0. The first kappa shape index (κ1) is 11.3. The van der Waals surface area contributed by atoms with Crippen molar-refractivity contribution in [1.82, 2.24) is 0 Å². The fourth-order valence-corrected chi connectivity index (χ4v) is 1.10. The molecule has 0 saturated carbocycles. The van der Waals surface area contributed by atoms with Crippen molar-refractivity contribution in [2.24, 2.45) is 0 Å². The van der Waals surface area contributed by atoms with Crippen LogP contribution in [0.25, 0.3) is 0 Å². The van der Waals surface area contributed by atoms with Crippen LogP contribution in [0.4, 0.5) is 0 Å². The second kappa shape index (κ2) is 10.3. The van der Waals surface area contributed by atoms with E-state index in [1.54, 1.807) is 0 Å². The highest BCUT2D eigenvalue weighted by Gasteiger charge is 1.88. The van der Waals surface area contributed by atoms with Gasteiger partial charge in [0.1, 0.15) is 0 Å². The largest absolute Gasteiger partial charge is 0.375 e. The van der Waals surface area contributed by atoms with Gasteiger partial charge in [-0.15, -0.1) is 0 Å². The molecular formula is C9H19OS. The molecule has 0 amide bonds. The molecule has 0 fully saturated rings. The van der Waals surface area contributed by atoms with Crippen LogP contribution in [0.1, 0.15) is 32.6 Å². The zero-order valence-electron chi connectivity index (χ0n) is 7.64. The number of hydrogen-bond donors (Lipinski definition) is 0. The van der Waals surface area contributed by atoms with E-state index in [-0.39, 0.29) is 0 Å². The minimum absolute atomic E-state index is 0.905. The van der Waals surface area contributed by atoms with E-state index < -0.39 is 0 Å². The molecule has 1 nitrogen and oxygen atoms in total. The van der Waals surface area contributed by atoms with Gasteiger partial charge in [-0.25, -0.2) is 0 Å². The van der Waals surface area contributed by atoms with Crippen molar-refractivity contribution < 1.29 is 4.74 Å². The van der Waals surface area contributed by atoms with E-state index in [1.807, 2.05) is 18.4 Å². The van der Waals surface area contributed by atoms with Crippen LogP contribution < -0.4 is 0 Å². The highest BCUT2D eigenvalue weighted by molar-refractivity contribution is 7.98. The molecule has 0 aromatic carbocycles. The molecule has 0 rings (SSSR count). The fraction of sp³-hybridized carbons (Fsp3) is 0.889. The van der Waals surface area contributed by atoms with Gasteiger partial charge < -0.3 is 4.74 Å². The Balaban J connectivity index is 2.69. The summed E-state index contributed by atoms with van der Waals surface area (Å²) in [6, 6.07) is 0. The predicted molar refractivity (Wildman–Crippen MR) is 52.8 cm³/mol. The van der Waals surface area contributed by atoms with Crippen LogP contribution in [-0.2, 0) is 4.74 Å². The van der Waals surface area contributed by atoms with Gasteiger partial charge >= 0.3 is 0 Å². The van der Waals surface area contributed by atoms with E-state index in [9.17, 15) is 0 Å². The Hall–Kier alpha value is 0.310. The Morgan fingerprint density at radius 3 is 2.82 bits per heavy atom. The second-order valence-electron chi connectivity index (χ2n) is 2.53. The Morgan fingerprint density at radius 2 is 2.18 bits per heavy atom. The third-order valence-corrected chi connectivity index (χ3v) is 2.07. The smallest absolute Gasteiger partial charge is 0.0844 e. The van der Waals surface area contributed by atoms with E-state index in [0.717, 1.165) is 13.0 Å². The molecule has 0 atom stereocenters. The van der Waals surface area contributed by atoms with Gasteiger partial charge in [0.05, 0.1) is 6.61 Å². The summed E-state index contributed by atoms with van der Waals surface area (Å²) in [7, 11) is 0. The maximum atomic E-state index is 5.30. The standard InChI is InChI=1S/C9H19OS/c1-3-4-5-7-10-8-6-9-11-2/h8H,3-7,9H2,1-2H3. The molecule has 0 aromatic heterocycles. The van der Waals surface area contributed by atoms with E-state index in [0.29, 0.717) is 0 Å². The first-order chi connectivity index (χ1) is 5.41. The molecule has 0 saturated heterocycles. The van der Waals surface area contributed by atoms with Gasteiger partial charge in [-0.05, 0) is 24.9 Å². The van der Waals surface area contributed by atoms with Crippen LogP contribution in [0.2, 0.25) is 0 Å². The second-order valence-corrected chi connectivity index (χ2v) is 3.51. The summed E-state index contributed by atoms with van der Waals surface area (Å²) < 4.78 is 5.30. The summed E-state index contributed by atoms with van der Waals surface area (Å²) >= 11 is 1.86. The lowest BCUT2D eigenvalue weighted by Crippen LogP contribution is -1.92. The lowest BCUT2D eigenvalue weighted by molar-refractivity contribution is 0.189. The first-order valence-electron chi connectivity index (χ1n) is 4.34. The topological polar surface area (TPSA) is 9.23 Å². The van der Waals surface area contributed by atoms with Gasteiger partial charge in [0.15, 0.2) is 0 Å². The third-order valence-electron chi connectivity index (χ3n) is 1.42. The molecule has 0 aromatic rings. The molecule has 0 heterocycles. The number of ether oxygens (including phenoxy) is 1. The van der Waals surface area contributed by atoms with Crippen molar-refractivity contribution in [2.75, 3.05) is 18.6 Å². The van der Waals surface area contributed by atoms with Crippen LogP contribution in [0.5, 0.6) is 0 Å². The summed E-state index contributed by atoms with van der Waals surface area (Å²) in [6.45, 7) is 5.05. The van der Waals surface area contributed by atoms with Gasteiger partial charge in [0, 0.05) is 6.61 Å². The molecule has 1 radical (unpaired) electrons. The average Bonchev–Trinajstić information content (AvgIpc) is 2.03. The summed E-state index contributed by atoms with van der Waals surface area (Å²) in [6.07, 6.45) is 6.95. The molecule has 0 N–H and O–H groups in total. The normalized spacial score (nSPS) is 10.4. The van der Waals surface area contributed by atoms with E-state index in [2.05, 4.69) is 13.2 Å². The SMILES string of the molecule is CCCCCO[CH]CCSC. The summed E-state index contributed by atoms with van der Waals surface area (Å²) in [5.74, 6) is 1.17. The maximum absolute atomic E-state index is 5.30. The molecule has 2 heteroatoms. The molecule has 0 aliphatic carbocycles. The van der Waals surface area contributed by atoms with Crippen molar-refractivity contribution in [3.05, 3.63) is 6.61 Å². The zero-order chi connectivity index (χ0) is 8.36. The maximum Gasteiger partial charge on any atom is 0.0844 e. The van der Waals surface area contributed by atoms with E-state index >= 15 is 0 Å². The number of hydrogen-bond acceptors (Lipinski definition) is 2. The van der Waals surface area contributed by atoms with Crippen LogP contribution in [0.3, 0.4) is 0 Å². The Kier molecular flexibility index (Phi) is 10.6. The average molecular weight is 175 g/mol. The fourth-order valence-electron chi connectivity index (χ4n) is 0.768. The van der Waals surface area contributed by atoms with Gasteiger partial charge in [0.2, 0.25) is 0 Å². The van der Waals surface area contributed by atoms with Crippen molar-refractivity contribution in [3.8, 4) is 0 Å². The Bertz CT molecular complexity index is 58.6. The molecule has 0 unspecified atom stereocenters. The van der Waals surface area contributed by atoms with E-state index in [1.165, 1.54) is 25.0 Å². The molecule has 11 heavy (non-hydrogen) atoms. The van der Waals surface area contributed by atoms with Crippen molar-refractivity contribution in [1.29, 1.82) is 0 Å². The van der Waals surface area contributed by atoms with Crippen molar-refractivity contribution >= 4 is 11.8 Å². The highest BCUT2D eigenvalue weighted by atomic mass is 32.2. The van der Waals surface area contributed by atoms with E-state index in [4.69, 9.17) is 4.74 Å². The molecule has 0 spiro atoms. The molecule has 0 aliphatic heterocycles. The first-order valence-corrected chi connectivity index (χ1v) is 5.73. The predicted octanol–water partition coefficient (Wildman–Crippen LogP) is 3.11. The summed E-state index contributed by atoms with van der Waals surface area (Å²) in [5, 5.41) is 0. The molecule has 67 valence electrons. The molecule has 0 aliphatic rings. The van der Waals surface area contributed by atoms with Crippen molar-refractivity contribution in [3.63, 3.8) is 0 Å². The van der Waals surface area contributed by atoms with Crippen LogP contribution in [0.15, 0.2) is 0 Å². The number of thioether (sulfide) groups is 1. The third kappa shape index (κ3) is 10.3. The molecule has 0 bridgehead atoms. The van der Waals surface area contributed by atoms with Crippen LogP contribution in [-0.4, -0.2) is 18.6 Å². The quantitative estimate of drug-likeness (QED) is 0.524. The van der Waals surface area contributed by atoms with Gasteiger partial charge in [-0.1, -0.05) is 19.8 Å². The zero-order valence-corrected chi connectivity index (χ0v) is 8.45. The van der Waals surface area contributed by atoms with Gasteiger partial charge in [0.25, 0.3) is 0 Å². The van der Waals surface area contributed by atoms with Crippen LogP contribution in [0, 0.1) is 6.61 Å². The number of unbranched alkanes of at least 4 members (excludes halogenated alkanes) is 2. The lowest BCUT2D eigenvalue weighted by Gasteiger charge is -2.00. The minimum Gasteiger partial charge on any atom is -0.375 e. The van der Waals surface area contributed by atoms with Crippen molar-refractivity contribution in [2.45, 2.75) is 32.6 Å². The number of rotatable bonds is 8. The minimum atomic E-state index is 0.905.